The fourth-order valence-corrected chi connectivity index (χ4v) is 4.58. The number of nitrogens with one attached hydrogen (secondary N) is 2. The number of sulfonamides is 1. The van der Waals surface area contributed by atoms with Gasteiger partial charge in [-0.2, -0.15) is 0 Å². The second-order valence-electron chi connectivity index (χ2n) is 7.74. The zero-order chi connectivity index (χ0) is 22.8. The van der Waals surface area contributed by atoms with Crippen LogP contribution in [0.3, 0.4) is 0 Å². The molecule has 31 heavy (non-hydrogen) atoms. The topological polar surface area (TPSA) is 108 Å². The van der Waals surface area contributed by atoms with Crippen LogP contribution in [0.5, 0.6) is 0 Å². The summed E-state index contributed by atoms with van der Waals surface area (Å²) in [6, 6.07) is 12.8. The van der Waals surface area contributed by atoms with E-state index in [9.17, 15) is 18.0 Å². The molecular formula is C22H26N4O4S. The molecule has 1 aliphatic heterocycles. The lowest BCUT2D eigenvalue weighted by atomic mass is 10.0. The summed E-state index contributed by atoms with van der Waals surface area (Å²) >= 11 is 0. The first kappa shape index (κ1) is 22.5. The summed E-state index contributed by atoms with van der Waals surface area (Å²) < 4.78 is 27.1. The monoisotopic (exact) mass is 442 g/mol. The van der Waals surface area contributed by atoms with Crippen LogP contribution in [0.1, 0.15) is 35.3 Å². The molecule has 3 rings (SSSR count). The highest BCUT2D eigenvalue weighted by Gasteiger charge is 2.33. The van der Waals surface area contributed by atoms with E-state index < -0.39 is 16.1 Å². The second-order valence-corrected chi connectivity index (χ2v) is 9.39. The molecule has 2 aromatic rings. The first-order chi connectivity index (χ1) is 14.6. The van der Waals surface area contributed by atoms with Gasteiger partial charge in [-0.3, -0.25) is 19.3 Å². The van der Waals surface area contributed by atoms with Crippen LogP contribution in [0.4, 0.5) is 0 Å². The van der Waals surface area contributed by atoms with Gasteiger partial charge in [-0.15, -0.1) is 0 Å². The van der Waals surface area contributed by atoms with E-state index in [1.54, 1.807) is 61.5 Å². The quantitative estimate of drug-likeness (QED) is 0.711. The molecule has 2 aromatic carbocycles. The van der Waals surface area contributed by atoms with Crippen LogP contribution in [0.2, 0.25) is 0 Å². The fourth-order valence-electron chi connectivity index (χ4n) is 3.34. The van der Waals surface area contributed by atoms with Crippen LogP contribution >= 0.6 is 0 Å². The van der Waals surface area contributed by atoms with Crippen molar-refractivity contribution in [3.63, 3.8) is 0 Å². The van der Waals surface area contributed by atoms with Gasteiger partial charge in [0.1, 0.15) is 11.9 Å². The Bertz CT molecular complexity index is 1120. The van der Waals surface area contributed by atoms with Crippen molar-refractivity contribution in [1.29, 1.82) is 0 Å². The number of nitrogens with zero attached hydrogens (tertiary/aromatic N) is 2. The molecule has 1 heterocycles. The predicted octanol–water partition coefficient (Wildman–Crippen LogP) is 1.77. The Balaban J connectivity index is 1.81. The van der Waals surface area contributed by atoms with Crippen LogP contribution in [0.15, 0.2) is 58.4 Å². The lowest BCUT2D eigenvalue weighted by molar-refractivity contribution is -0.132. The Hall–Kier alpha value is -3.20. The van der Waals surface area contributed by atoms with E-state index >= 15 is 0 Å². The van der Waals surface area contributed by atoms with Crippen LogP contribution in [0.25, 0.3) is 0 Å². The van der Waals surface area contributed by atoms with Gasteiger partial charge >= 0.3 is 0 Å². The maximum atomic E-state index is 13.1. The molecule has 1 atom stereocenters. The van der Waals surface area contributed by atoms with E-state index in [4.69, 9.17) is 0 Å². The summed E-state index contributed by atoms with van der Waals surface area (Å²) in [6.45, 7) is 4.07. The molecule has 0 bridgehead atoms. The molecule has 2 amide bonds. The zero-order valence-electron chi connectivity index (χ0n) is 17.9. The number of rotatable bonds is 6. The first-order valence-corrected chi connectivity index (χ1v) is 11.4. The molecule has 0 aromatic heterocycles. The molecular weight excluding hydrogens is 416 g/mol. The van der Waals surface area contributed by atoms with Gasteiger partial charge in [0.15, 0.2) is 0 Å². The van der Waals surface area contributed by atoms with Crippen molar-refractivity contribution in [3.05, 3.63) is 65.2 Å². The molecule has 2 N–H and O–H groups in total. The number of carbonyl (C=O) groups excluding carboxylic acids is 2. The molecule has 164 valence electrons. The minimum atomic E-state index is -3.67. The molecule has 0 aliphatic carbocycles. The van der Waals surface area contributed by atoms with Gasteiger partial charge in [0, 0.05) is 31.8 Å². The fraction of sp³-hybridized carbons (Fsp3) is 0.318. The third-order valence-electron chi connectivity index (χ3n) is 5.05. The second kappa shape index (κ2) is 8.89. The highest BCUT2D eigenvalue weighted by molar-refractivity contribution is 7.90. The van der Waals surface area contributed by atoms with Crippen molar-refractivity contribution in [1.82, 2.24) is 14.9 Å². The van der Waals surface area contributed by atoms with E-state index in [2.05, 4.69) is 15.0 Å². The van der Waals surface area contributed by atoms with E-state index in [0.29, 0.717) is 17.7 Å². The summed E-state index contributed by atoms with van der Waals surface area (Å²) in [7, 11) is -0.426. The number of hydrogen-bond donors (Lipinski definition) is 2. The Morgan fingerprint density at radius 2 is 1.74 bits per heavy atom. The van der Waals surface area contributed by atoms with E-state index in [1.807, 2.05) is 13.8 Å². The third kappa shape index (κ3) is 4.77. The number of amides is 2. The van der Waals surface area contributed by atoms with Crippen LogP contribution in [-0.4, -0.2) is 51.1 Å². The Morgan fingerprint density at radius 1 is 1.10 bits per heavy atom. The van der Waals surface area contributed by atoms with Crippen LogP contribution in [0, 0.1) is 5.92 Å². The molecule has 9 heteroatoms. The van der Waals surface area contributed by atoms with Gasteiger partial charge in [-0.05, 0) is 35.7 Å². The van der Waals surface area contributed by atoms with Gasteiger partial charge in [-0.25, -0.2) is 8.42 Å². The molecule has 0 saturated carbocycles. The van der Waals surface area contributed by atoms with Crippen molar-refractivity contribution in [2.75, 3.05) is 14.1 Å². The Kier molecular flexibility index (Phi) is 6.45. The third-order valence-corrected chi connectivity index (χ3v) is 6.45. The number of likely N-dealkylation sites (N-methyl/N-ethyl adjacent to an activating group) is 1. The van der Waals surface area contributed by atoms with Crippen molar-refractivity contribution < 1.29 is 18.0 Å². The van der Waals surface area contributed by atoms with Crippen LogP contribution in [-0.2, 0) is 21.4 Å². The maximum absolute atomic E-state index is 13.1. The molecule has 1 aliphatic rings. The minimum absolute atomic E-state index is 0.143. The van der Waals surface area contributed by atoms with Gasteiger partial charge in [0.05, 0.1) is 4.90 Å². The first-order valence-electron chi connectivity index (χ1n) is 9.90. The largest absolute Gasteiger partial charge is 0.355 e. The number of aliphatic imine (C=N–C) groups is 1. The summed E-state index contributed by atoms with van der Waals surface area (Å²) in [5.74, 6) is -0.353. The van der Waals surface area contributed by atoms with E-state index in [-0.39, 0.29) is 28.5 Å². The Morgan fingerprint density at radius 3 is 2.35 bits per heavy atom. The summed E-state index contributed by atoms with van der Waals surface area (Å²) in [4.78, 5) is 31.0. The van der Waals surface area contributed by atoms with Gasteiger partial charge in [0.25, 0.3) is 15.9 Å². The summed E-state index contributed by atoms with van der Waals surface area (Å²) in [5, 5.41) is 2.57. The van der Waals surface area contributed by atoms with E-state index in [1.165, 1.54) is 6.07 Å². The average Bonchev–Trinajstić information content (AvgIpc) is 3.01. The highest BCUT2D eigenvalue weighted by Crippen LogP contribution is 2.24. The van der Waals surface area contributed by atoms with Crippen molar-refractivity contribution in [2.45, 2.75) is 31.3 Å². The lowest BCUT2D eigenvalue weighted by Crippen LogP contribution is -2.39. The van der Waals surface area contributed by atoms with Crippen molar-refractivity contribution in [2.24, 2.45) is 10.9 Å². The van der Waals surface area contributed by atoms with Gasteiger partial charge in [-0.1, -0.05) is 38.1 Å². The van der Waals surface area contributed by atoms with Crippen molar-refractivity contribution in [3.8, 4) is 0 Å². The molecule has 0 spiro atoms. The van der Waals surface area contributed by atoms with Crippen molar-refractivity contribution >= 4 is 27.7 Å². The molecule has 0 radical (unpaired) electrons. The number of benzene rings is 2. The SMILES string of the molecule is CNC(=O)c1ccc(CN(C)C(=O)[C@@H](N=C2NS(=O)(=O)c3ccccc32)C(C)C)cc1. The number of hydrogen-bond acceptors (Lipinski definition) is 5. The van der Waals surface area contributed by atoms with Crippen LogP contribution < -0.4 is 10.0 Å². The number of fused-ring (bicyclic) bond motifs is 1. The predicted molar refractivity (Wildman–Crippen MR) is 118 cm³/mol. The lowest BCUT2D eigenvalue weighted by Gasteiger charge is -2.24. The molecule has 0 unspecified atom stereocenters. The molecule has 0 fully saturated rings. The normalized spacial score (nSPS) is 16.5. The van der Waals surface area contributed by atoms with Gasteiger partial charge < -0.3 is 10.2 Å². The highest BCUT2D eigenvalue weighted by atomic mass is 32.2. The van der Waals surface area contributed by atoms with Gasteiger partial charge in [0.2, 0.25) is 5.91 Å². The Labute approximate surface area is 182 Å². The maximum Gasteiger partial charge on any atom is 0.263 e. The average molecular weight is 443 g/mol. The number of amidine groups is 1. The zero-order valence-corrected chi connectivity index (χ0v) is 18.7. The summed E-state index contributed by atoms with van der Waals surface area (Å²) in [6.07, 6.45) is 0. The molecule has 8 nitrogen and oxygen atoms in total. The smallest absolute Gasteiger partial charge is 0.263 e. The van der Waals surface area contributed by atoms with E-state index in [0.717, 1.165) is 5.56 Å². The molecule has 0 saturated heterocycles. The summed E-state index contributed by atoms with van der Waals surface area (Å²) in [5.41, 5.74) is 1.87. The minimum Gasteiger partial charge on any atom is -0.355 e. The standard InChI is InChI=1S/C22H26N4O4S/c1-14(2)19(24-20-17-7-5-6-8-18(17)31(29,30)25-20)22(28)26(4)13-15-9-11-16(12-10-15)21(27)23-3/h5-12,14,19H,13H2,1-4H3,(H,23,27)(H,24,25)/t19-/m0/s1. The number of carbonyl (C=O) groups is 2.